The standard InChI is InChI=1S/C18H25N5O2/c1-3-19-18(23-14-16-6-4-5-9-20-16)22-13-15-7-8-17(21-12-15)25-11-10-24-2/h4-9,12H,3,10-11,13-14H2,1-2H3,(H2,19,22,23). The Morgan fingerprint density at radius 3 is 2.72 bits per heavy atom. The fourth-order valence-corrected chi connectivity index (χ4v) is 2.01. The number of nitrogens with one attached hydrogen (secondary N) is 2. The van der Waals surface area contributed by atoms with Crippen LogP contribution in [0.2, 0.25) is 0 Å². The van der Waals surface area contributed by atoms with E-state index in [2.05, 4.69) is 25.6 Å². The highest BCUT2D eigenvalue weighted by Crippen LogP contribution is 2.08. The molecule has 0 amide bonds. The predicted molar refractivity (Wildman–Crippen MR) is 97.5 cm³/mol. The lowest BCUT2D eigenvalue weighted by Crippen LogP contribution is -2.37. The summed E-state index contributed by atoms with van der Waals surface area (Å²) in [5.41, 5.74) is 1.97. The molecule has 0 aliphatic heterocycles. The van der Waals surface area contributed by atoms with E-state index in [1.807, 2.05) is 37.3 Å². The average molecular weight is 343 g/mol. The molecule has 0 aliphatic rings. The van der Waals surface area contributed by atoms with Crippen molar-refractivity contribution in [1.29, 1.82) is 0 Å². The summed E-state index contributed by atoms with van der Waals surface area (Å²) >= 11 is 0. The van der Waals surface area contributed by atoms with Crippen LogP contribution < -0.4 is 15.4 Å². The summed E-state index contributed by atoms with van der Waals surface area (Å²) in [6.45, 7) is 5.01. The van der Waals surface area contributed by atoms with Gasteiger partial charge in [0.15, 0.2) is 5.96 Å². The van der Waals surface area contributed by atoms with Crippen molar-refractivity contribution in [1.82, 2.24) is 20.6 Å². The van der Waals surface area contributed by atoms with Crippen molar-refractivity contribution in [3.05, 3.63) is 54.0 Å². The van der Waals surface area contributed by atoms with Crippen LogP contribution in [0.15, 0.2) is 47.7 Å². The van der Waals surface area contributed by atoms with E-state index in [0.29, 0.717) is 32.2 Å². The van der Waals surface area contributed by atoms with Crippen LogP contribution in [0.5, 0.6) is 5.88 Å². The highest BCUT2D eigenvalue weighted by molar-refractivity contribution is 5.79. The van der Waals surface area contributed by atoms with E-state index in [1.54, 1.807) is 19.5 Å². The molecule has 7 nitrogen and oxygen atoms in total. The molecular formula is C18H25N5O2. The molecule has 7 heteroatoms. The molecule has 134 valence electrons. The number of ether oxygens (including phenoxy) is 2. The number of pyridine rings is 2. The number of aliphatic imine (C=N–C) groups is 1. The van der Waals surface area contributed by atoms with Crippen molar-refractivity contribution in [2.75, 3.05) is 26.9 Å². The number of hydrogen-bond acceptors (Lipinski definition) is 5. The van der Waals surface area contributed by atoms with Gasteiger partial charge in [-0.3, -0.25) is 4.98 Å². The van der Waals surface area contributed by atoms with Crippen LogP contribution in [0.25, 0.3) is 0 Å². The lowest BCUT2D eigenvalue weighted by molar-refractivity contribution is 0.143. The number of hydrogen-bond donors (Lipinski definition) is 2. The van der Waals surface area contributed by atoms with Crippen molar-refractivity contribution in [2.24, 2.45) is 4.99 Å². The predicted octanol–water partition coefficient (Wildman–Crippen LogP) is 1.76. The first-order valence-electron chi connectivity index (χ1n) is 8.30. The number of nitrogens with zero attached hydrogens (tertiary/aromatic N) is 3. The van der Waals surface area contributed by atoms with Gasteiger partial charge in [0.2, 0.25) is 5.88 Å². The smallest absolute Gasteiger partial charge is 0.213 e. The van der Waals surface area contributed by atoms with E-state index in [9.17, 15) is 0 Å². The Hall–Kier alpha value is -2.67. The Morgan fingerprint density at radius 1 is 1.12 bits per heavy atom. The summed E-state index contributed by atoms with van der Waals surface area (Å²) in [5.74, 6) is 1.33. The summed E-state index contributed by atoms with van der Waals surface area (Å²) in [7, 11) is 1.64. The van der Waals surface area contributed by atoms with E-state index in [0.717, 1.165) is 23.8 Å². The second-order valence-corrected chi connectivity index (χ2v) is 5.22. The fourth-order valence-electron chi connectivity index (χ4n) is 2.01. The van der Waals surface area contributed by atoms with Gasteiger partial charge < -0.3 is 20.1 Å². The number of guanidine groups is 1. The first-order valence-corrected chi connectivity index (χ1v) is 8.30. The second-order valence-electron chi connectivity index (χ2n) is 5.22. The minimum absolute atomic E-state index is 0.489. The van der Waals surface area contributed by atoms with Gasteiger partial charge in [-0.25, -0.2) is 9.98 Å². The molecule has 0 aromatic carbocycles. The Kier molecular flexibility index (Phi) is 8.20. The Morgan fingerprint density at radius 2 is 2.04 bits per heavy atom. The minimum Gasteiger partial charge on any atom is -0.475 e. The first-order chi connectivity index (χ1) is 12.3. The molecular weight excluding hydrogens is 318 g/mol. The van der Waals surface area contributed by atoms with Crippen LogP contribution in [-0.2, 0) is 17.8 Å². The molecule has 0 fully saturated rings. The third-order valence-corrected chi connectivity index (χ3v) is 3.26. The van der Waals surface area contributed by atoms with E-state index in [-0.39, 0.29) is 0 Å². The first kappa shape index (κ1) is 18.7. The van der Waals surface area contributed by atoms with Crippen molar-refractivity contribution >= 4 is 5.96 Å². The van der Waals surface area contributed by atoms with Gasteiger partial charge in [-0.15, -0.1) is 0 Å². The lowest BCUT2D eigenvalue weighted by atomic mass is 10.3. The zero-order valence-corrected chi connectivity index (χ0v) is 14.7. The molecule has 0 bridgehead atoms. The molecule has 2 N–H and O–H groups in total. The van der Waals surface area contributed by atoms with Gasteiger partial charge in [0.05, 0.1) is 25.4 Å². The maximum Gasteiger partial charge on any atom is 0.213 e. The number of rotatable bonds is 9. The van der Waals surface area contributed by atoms with Crippen LogP contribution in [0.3, 0.4) is 0 Å². The van der Waals surface area contributed by atoms with Gasteiger partial charge in [0.1, 0.15) is 6.61 Å². The average Bonchev–Trinajstić information content (AvgIpc) is 2.66. The highest BCUT2D eigenvalue weighted by atomic mass is 16.5. The van der Waals surface area contributed by atoms with E-state index in [4.69, 9.17) is 9.47 Å². The zero-order chi connectivity index (χ0) is 17.7. The van der Waals surface area contributed by atoms with E-state index >= 15 is 0 Å². The van der Waals surface area contributed by atoms with Gasteiger partial charge in [-0.05, 0) is 24.6 Å². The van der Waals surface area contributed by atoms with Crippen molar-refractivity contribution in [3.63, 3.8) is 0 Å². The molecule has 2 heterocycles. The van der Waals surface area contributed by atoms with Gasteiger partial charge in [-0.1, -0.05) is 12.1 Å². The van der Waals surface area contributed by atoms with Crippen LogP contribution in [0, 0.1) is 0 Å². The van der Waals surface area contributed by atoms with Crippen LogP contribution in [0.4, 0.5) is 0 Å². The SMILES string of the molecule is CCNC(=NCc1ccc(OCCOC)nc1)NCc1ccccn1. The molecule has 2 aromatic rings. The van der Waals surface area contributed by atoms with Crippen LogP contribution in [0.1, 0.15) is 18.2 Å². The molecule has 0 aliphatic carbocycles. The third kappa shape index (κ3) is 7.17. The second kappa shape index (κ2) is 11.0. The summed E-state index contributed by atoms with van der Waals surface area (Å²) in [6.07, 6.45) is 3.55. The number of methoxy groups -OCH3 is 1. The molecule has 2 aromatic heterocycles. The van der Waals surface area contributed by atoms with E-state index < -0.39 is 0 Å². The largest absolute Gasteiger partial charge is 0.475 e. The summed E-state index contributed by atoms with van der Waals surface area (Å²) in [5, 5.41) is 6.49. The quantitative estimate of drug-likeness (QED) is 0.410. The van der Waals surface area contributed by atoms with E-state index in [1.165, 1.54) is 0 Å². The molecule has 0 atom stereocenters. The fraction of sp³-hybridized carbons (Fsp3) is 0.389. The van der Waals surface area contributed by atoms with Crippen molar-refractivity contribution in [3.8, 4) is 5.88 Å². The molecule has 0 radical (unpaired) electrons. The van der Waals surface area contributed by atoms with Crippen LogP contribution in [-0.4, -0.2) is 42.8 Å². The molecule has 0 saturated carbocycles. The van der Waals surface area contributed by atoms with Gasteiger partial charge in [-0.2, -0.15) is 0 Å². The highest BCUT2D eigenvalue weighted by Gasteiger charge is 2.00. The van der Waals surface area contributed by atoms with Crippen molar-refractivity contribution in [2.45, 2.75) is 20.0 Å². The molecule has 0 spiro atoms. The topological polar surface area (TPSA) is 80.7 Å². The van der Waals surface area contributed by atoms with Gasteiger partial charge in [0, 0.05) is 32.1 Å². The maximum absolute atomic E-state index is 5.45. The zero-order valence-electron chi connectivity index (χ0n) is 14.7. The Labute approximate surface area is 148 Å². The summed E-state index contributed by atoms with van der Waals surface area (Å²) in [4.78, 5) is 13.1. The molecule has 0 saturated heterocycles. The summed E-state index contributed by atoms with van der Waals surface area (Å²) in [6, 6.07) is 9.65. The summed E-state index contributed by atoms with van der Waals surface area (Å²) < 4.78 is 10.4. The molecule has 2 rings (SSSR count). The third-order valence-electron chi connectivity index (χ3n) is 3.26. The monoisotopic (exact) mass is 343 g/mol. The van der Waals surface area contributed by atoms with Crippen LogP contribution >= 0.6 is 0 Å². The molecule has 25 heavy (non-hydrogen) atoms. The maximum atomic E-state index is 5.45. The Bertz CT molecular complexity index is 632. The number of aromatic nitrogens is 2. The van der Waals surface area contributed by atoms with Gasteiger partial charge in [0.25, 0.3) is 0 Å². The lowest BCUT2D eigenvalue weighted by Gasteiger charge is -2.11. The Balaban J connectivity index is 1.87. The molecule has 0 unspecified atom stereocenters. The van der Waals surface area contributed by atoms with Gasteiger partial charge >= 0.3 is 0 Å². The van der Waals surface area contributed by atoms with Crippen molar-refractivity contribution < 1.29 is 9.47 Å². The normalized spacial score (nSPS) is 11.2. The minimum atomic E-state index is 0.489.